The highest BCUT2D eigenvalue weighted by Crippen LogP contribution is 1.97. The number of allylic oxidation sites excluding steroid dienone is 1. The molecule has 1 unspecified atom stereocenters. The smallest absolute Gasteiger partial charge is 0.297 e. The van der Waals surface area contributed by atoms with Crippen molar-refractivity contribution >= 4 is 19.5 Å². The van der Waals surface area contributed by atoms with Gasteiger partial charge < -0.3 is 0 Å². The van der Waals surface area contributed by atoms with Gasteiger partial charge in [0.1, 0.15) is 0 Å². The van der Waals surface area contributed by atoms with Crippen molar-refractivity contribution in [3.8, 4) is 0 Å². The largest absolute Gasteiger partial charge is 0.328 e. The summed E-state index contributed by atoms with van der Waals surface area (Å²) in [6.07, 6.45) is 1.50. The average Bonchev–Trinajstić information content (AvgIpc) is 1.35. The molecular formula is C3H6ClFSi. The molecule has 0 N–H and O–H groups in total. The number of halogens is 2. The van der Waals surface area contributed by atoms with Crippen LogP contribution in [0.4, 0.5) is 4.11 Å². The monoisotopic (exact) mass is 124 g/mol. The maximum absolute atomic E-state index is 11.5. The van der Waals surface area contributed by atoms with Gasteiger partial charge in [-0.3, -0.25) is 4.11 Å². The lowest BCUT2D eigenvalue weighted by Gasteiger charge is -1.82. The molecule has 1 atom stereocenters. The Balaban J connectivity index is 2.81. The Morgan fingerprint density at radius 1 is 2.00 bits per heavy atom. The van der Waals surface area contributed by atoms with Crippen molar-refractivity contribution in [2.75, 3.05) is 0 Å². The molecular weight excluding hydrogens is 119 g/mol. The minimum absolute atomic E-state index is 0.377. The minimum atomic E-state index is -2.32. The second kappa shape index (κ2) is 3.37. The van der Waals surface area contributed by atoms with Gasteiger partial charge in [0.05, 0.1) is 0 Å². The summed E-state index contributed by atoms with van der Waals surface area (Å²) in [4.78, 5) is 0. The van der Waals surface area contributed by atoms with Gasteiger partial charge >= 0.3 is 8.44 Å². The molecule has 6 heavy (non-hydrogen) atoms. The summed E-state index contributed by atoms with van der Waals surface area (Å²) in [6, 6.07) is 0.377. The molecule has 0 aliphatic carbocycles. The highest BCUT2D eigenvalue weighted by Gasteiger charge is 1.96. The fourth-order valence-corrected chi connectivity index (χ4v) is 0.756. The maximum atomic E-state index is 11.5. The van der Waals surface area contributed by atoms with Crippen LogP contribution in [0.3, 0.4) is 0 Å². The van der Waals surface area contributed by atoms with Gasteiger partial charge in [-0.15, -0.1) is 17.7 Å². The summed E-state index contributed by atoms with van der Waals surface area (Å²) in [5, 5.41) is 0. The summed E-state index contributed by atoms with van der Waals surface area (Å²) in [5.74, 6) is 0. The summed E-state index contributed by atoms with van der Waals surface area (Å²) in [6.45, 7) is 3.31. The van der Waals surface area contributed by atoms with E-state index < -0.39 is 8.44 Å². The van der Waals surface area contributed by atoms with Gasteiger partial charge in [0, 0.05) is 0 Å². The third-order valence-electron chi connectivity index (χ3n) is 0.345. The molecule has 0 saturated heterocycles. The lowest BCUT2D eigenvalue weighted by Crippen LogP contribution is -1.87. The molecule has 0 aliphatic heterocycles. The van der Waals surface area contributed by atoms with Crippen molar-refractivity contribution < 1.29 is 4.11 Å². The SMILES string of the molecule is C=CC[SiH](F)Cl. The zero-order chi connectivity index (χ0) is 4.99. The van der Waals surface area contributed by atoms with Crippen LogP contribution >= 0.6 is 11.1 Å². The highest BCUT2D eigenvalue weighted by molar-refractivity contribution is 7.03. The summed E-state index contributed by atoms with van der Waals surface area (Å²) in [7, 11) is -2.32. The second-order valence-electron chi connectivity index (χ2n) is 0.915. The molecule has 36 valence electrons. The normalized spacial score (nSPS) is 13.7. The van der Waals surface area contributed by atoms with E-state index in [2.05, 4.69) is 6.58 Å². The van der Waals surface area contributed by atoms with Crippen LogP contribution in [0.2, 0.25) is 6.04 Å². The Hall–Kier alpha value is 0.177. The molecule has 0 aliphatic rings. The zero-order valence-corrected chi connectivity index (χ0v) is 5.24. The van der Waals surface area contributed by atoms with Crippen LogP contribution in [0.1, 0.15) is 0 Å². The second-order valence-corrected chi connectivity index (χ2v) is 3.59. The molecule has 0 spiro atoms. The zero-order valence-electron chi connectivity index (χ0n) is 3.32. The third-order valence-corrected chi connectivity index (χ3v) is 1.57. The van der Waals surface area contributed by atoms with Gasteiger partial charge in [0.15, 0.2) is 0 Å². The average molecular weight is 125 g/mol. The topological polar surface area (TPSA) is 0 Å². The van der Waals surface area contributed by atoms with E-state index in [1.807, 2.05) is 0 Å². The maximum Gasteiger partial charge on any atom is 0.328 e. The first-order valence-corrected chi connectivity index (χ1v) is 4.66. The van der Waals surface area contributed by atoms with Gasteiger partial charge in [-0.2, -0.15) is 0 Å². The lowest BCUT2D eigenvalue weighted by atomic mass is 10.8. The molecule has 3 heteroatoms. The van der Waals surface area contributed by atoms with E-state index in [-0.39, 0.29) is 0 Å². The fraction of sp³-hybridized carbons (Fsp3) is 0.333. The van der Waals surface area contributed by atoms with E-state index in [9.17, 15) is 4.11 Å². The van der Waals surface area contributed by atoms with Crippen molar-refractivity contribution in [3.05, 3.63) is 12.7 Å². The Bertz CT molecular complexity index is 46.1. The van der Waals surface area contributed by atoms with Crippen molar-refractivity contribution in [3.63, 3.8) is 0 Å². The first kappa shape index (κ1) is 6.18. The Kier molecular flexibility index (Phi) is 3.47. The van der Waals surface area contributed by atoms with E-state index in [1.165, 1.54) is 6.08 Å². The van der Waals surface area contributed by atoms with E-state index in [4.69, 9.17) is 11.1 Å². The van der Waals surface area contributed by atoms with Gasteiger partial charge in [-0.25, -0.2) is 0 Å². The van der Waals surface area contributed by atoms with Gasteiger partial charge in [-0.05, 0) is 6.04 Å². The van der Waals surface area contributed by atoms with Gasteiger partial charge in [0.25, 0.3) is 0 Å². The third kappa shape index (κ3) is 4.18. The van der Waals surface area contributed by atoms with Crippen LogP contribution in [-0.4, -0.2) is 8.44 Å². The minimum Gasteiger partial charge on any atom is -0.297 e. The number of hydrogen-bond acceptors (Lipinski definition) is 0. The summed E-state index contributed by atoms with van der Waals surface area (Å²) >= 11 is 4.98. The molecule has 0 rings (SSSR count). The molecule has 0 nitrogen and oxygen atoms in total. The first-order chi connectivity index (χ1) is 2.77. The van der Waals surface area contributed by atoms with Crippen molar-refractivity contribution in [1.29, 1.82) is 0 Å². The molecule has 0 aromatic heterocycles. The molecule has 0 amide bonds. The number of rotatable bonds is 2. The van der Waals surface area contributed by atoms with E-state index in [0.717, 1.165) is 0 Å². The van der Waals surface area contributed by atoms with E-state index >= 15 is 0 Å². The predicted molar refractivity (Wildman–Crippen MR) is 29.1 cm³/mol. The fourth-order valence-electron chi connectivity index (χ4n) is 0.126. The van der Waals surface area contributed by atoms with Crippen LogP contribution < -0.4 is 0 Å². The van der Waals surface area contributed by atoms with Crippen LogP contribution in [0.25, 0.3) is 0 Å². The molecule has 0 aromatic rings. The Morgan fingerprint density at radius 3 is 2.50 bits per heavy atom. The van der Waals surface area contributed by atoms with E-state index in [1.54, 1.807) is 0 Å². The van der Waals surface area contributed by atoms with Crippen molar-refractivity contribution in [2.24, 2.45) is 0 Å². The number of hydrogen-bond donors (Lipinski definition) is 0. The lowest BCUT2D eigenvalue weighted by molar-refractivity contribution is 0.858. The first-order valence-electron chi connectivity index (χ1n) is 1.66. The highest BCUT2D eigenvalue weighted by atomic mass is 35.6. The Morgan fingerprint density at radius 2 is 2.50 bits per heavy atom. The molecule has 0 fully saturated rings. The molecule has 0 saturated carbocycles. The quantitative estimate of drug-likeness (QED) is 0.298. The van der Waals surface area contributed by atoms with Gasteiger partial charge in [-0.1, -0.05) is 6.08 Å². The molecule has 0 aromatic carbocycles. The molecule has 0 heterocycles. The molecule has 0 bridgehead atoms. The van der Waals surface area contributed by atoms with Gasteiger partial charge in [0.2, 0.25) is 0 Å². The van der Waals surface area contributed by atoms with Crippen LogP contribution in [-0.2, 0) is 0 Å². The summed E-state index contributed by atoms with van der Waals surface area (Å²) < 4.78 is 11.5. The Labute approximate surface area is 43.1 Å². The van der Waals surface area contributed by atoms with Crippen LogP contribution in [0, 0.1) is 0 Å². The molecule has 0 radical (unpaired) electrons. The summed E-state index contributed by atoms with van der Waals surface area (Å²) in [5.41, 5.74) is 0. The predicted octanol–water partition coefficient (Wildman–Crippen LogP) is 1.60. The standard InChI is InChI=1S/C3H6ClFSi/c1-2-3-6(4)5/h2,6H,1,3H2. The van der Waals surface area contributed by atoms with Crippen LogP contribution in [0.15, 0.2) is 12.7 Å². The van der Waals surface area contributed by atoms with Crippen molar-refractivity contribution in [1.82, 2.24) is 0 Å². The van der Waals surface area contributed by atoms with E-state index in [0.29, 0.717) is 6.04 Å². The van der Waals surface area contributed by atoms with Crippen molar-refractivity contribution in [2.45, 2.75) is 6.04 Å². The van der Waals surface area contributed by atoms with Crippen LogP contribution in [0.5, 0.6) is 0 Å².